The van der Waals surface area contributed by atoms with Crippen molar-refractivity contribution in [1.82, 2.24) is 4.98 Å². The first kappa shape index (κ1) is 14.3. The molecule has 1 aromatic heterocycles. The summed E-state index contributed by atoms with van der Waals surface area (Å²) in [5.41, 5.74) is 9.13. The van der Waals surface area contributed by atoms with E-state index in [1.54, 1.807) is 7.11 Å². The van der Waals surface area contributed by atoms with E-state index in [9.17, 15) is 0 Å². The van der Waals surface area contributed by atoms with Crippen molar-refractivity contribution in [2.45, 2.75) is 13.0 Å². The Bertz CT molecular complexity index is 543. The molecule has 0 spiro atoms. The van der Waals surface area contributed by atoms with Crippen LogP contribution in [0, 0.1) is 0 Å². The van der Waals surface area contributed by atoms with Gasteiger partial charge >= 0.3 is 0 Å². The highest BCUT2D eigenvalue weighted by Gasteiger charge is 2.08. The number of nitrogens with two attached hydrogens (primary N) is 1. The summed E-state index contributed by atoms with van der Waals surface area (Å²) in [6, 6.07) is 12.0. The largest absolute Gasteiger partial charge is 0.497 e. The molecule has 0 fully saturated rings. The van der Waals surface area contributed by atoms with E-state index < -0.39 is 0 Å². The summed E-state index contributed by atoms with van der Waals surface area (Å²) in [4.78, 5) is 6.54. The van der Waals surface area contributed by atoms with Crippen molar-refractivity contribution < 1.29 is 4.74 Å². The first-order valence-corrected chi connectivity index (χ1v) is 6.72. The van der Waals surface area contributed by atoms with Gasteiger partial charge in [0.2, 0.25) is 0 Å². The van der Waals surface area contributed by atoms with Gasteiger partial charge in [0.1, 0.15) is 5.75 Å². The monoisotopic (exact) mass is 271 g/mol. The molecule has 1 heterocycles. The highest BCUT2D eigenvalue weighted by Crippen LogP contribution is 2.25. The van der Waals surface area contributed by atoms with Crippen LogP contribution in [0.4, 0.5) is 5.69 Å². The third-order valence-corrected chi connectivity index (χ3v) is 3.35. The van der Waals surface area contributed by atoms with Gasteiger partial charge in [-0.1, -0.05) is 12.1 Å². The standard InChI is InChI=1S/C16H21N3O/c1-19(10-8-14-5-3-4-9-18-14)16-11-15(20-2)7-6-13(16)12-17/h3-7,9,11H,8,10,12,17H2,1-2H3. The number of likely N-dealkylation sites (N-methyl/N-ethyl adjacent to an activating group) is 1. The predicted octanol–water partition coefficient (Wildman–Crippen LogP) is 2.23. The number of ether oxygens (including phenoxy) is 1. The summed E-state index contributed by atoms with van der Waals surface area (Å²) in [5, 5.41) is 0. The van der Waals surface area contributed by atoms with Crippen molar-refractivity contribution in [3.63, 3.8) is 0 Å². The van der Waals surface area contributed by atoms with Gasteiger partial charge in [-0.15, -0.1) is 0 Å². The van der Waals surface area contributed by atoms with Gasteiger partial charge in [0, 0.05) is 50.2 Å². The van der Waals surface area contributed by atoms with E-state index in [1.165, 1.54) is 0 Å². The maximum absolute atomic E-state index is 5.81. The Morgan fingerprint density at radius 3 is 2.75 bits per heavy atom. The smallest absolute Gasteiger partial charge is 0.120 e. The van der Waals surface area contributed by atoms with Crippen molar-refractivity contribution in [2.24, 2.45) is 5.73 Å². The summed E-state index contributed by atoms with van der Waals surface area (Å²) >= 11 is 0. The number of anilines is 1. The van der Waals surface area contributed by atoms with Crippen LogP contribution in [-0.2, 0) is 13.0 Å². The summed E-state index contributed by atoms with van der Waals surface area (Å²) in [5.74, 6) is 0.849. The first-order chi connectivity index (χ1) is 9.74. The van der Waals surface area contributed by atoms with Gasteiger partial charge in [0.25, 0.3) is 0 Å². The van der Waals surface area contributed by atoms with Gasteiger partial charge in [-0.2, -0.15) is 0 Å². The molecule has 0 aliphatic heterocycles. The molecule has 0 bridgehead atoms. The number of nitrogens with zero attached hydrogens (tertiary/aromatic N) is 2. The Morgan fingerprint density at radius 1 is 1.25 bits per heavy atom. The second kappa shape index (κ2) is 6.91. The van der Waals surface area contributed by atoms with Gasteiger partial charge in [-0.3, -0.25) is 4.98 Å². The van der Waals surface area contributed by atoms with Crippen LogP contribution >= 0.6 is 0 Å². The average Bonchev–Trinajstić information content (AvgIpc) is 2.52. The fourth-order valence-electron chi connectivity index (χ4n) is 2.15. The van der Waals surface area contributed by atoms with Crippen LogP contribution in [-0.4, -0.2) is 25.7 Å². The zero-order valence-electron chi connectivity index (χ0n) is 12.0. The number of hydrogen-bond donors (Lipinski definition) is 1. The molecule has 4 heteroatoms. The van der Waals surface area contributed by atoms with Crippen LogP contribution in [0.3, 0.4) is 0 Å². The highest BCUT2D eigenvalue weighted by atomic mass is 16.5. The van der Waals surface area contributed by atoms with E-state index in [0.717, 1.165) is 35.7 Å². The molecule has 2 rings (SSSR count). The number of benzene rings is 1. The molecule has 0 saturated heterocycles. The minimum absolute atomic E-state index is 0.521. The second-order valence-corrected chi connectivity index (χ2v) is 4.69. The number of aromatic nitrogens is 1. The van der Waals surface area contributed by atoms with E-state index in [4.69, 9.17) is 10.5 Å². The van der Waals surface area contributed by atoms with E-state index in [-0.39, 0.29) is 0 Å². The summed E-state index contributed by atoms with van der Waals surface area (Å²) in [6.07, 6.45) is 2.73. The molecule has 2 aromatic rings. The molecule has 4 nitrogen and oxygen atoms in total. The predicted molar refractivity (Wildman–Crippen MR) is 82.1 cm³/mol. The van der Waals surface area contributed by atoms with E-state index in [1.807, 2.05) is 42.6 Å². The molecule has 0 unspecified atom stereocenters. The zero-order chi connectivity index (χ0) is 14.4. The van der Waals surface area contributed by atoms with Gasteiger partial charge in [0.05, 0.1) is 7.11 Å². The zero-order valence-corrected chi connectivity index (χ0v) is 12.0. The minimum atomic E-state index is 0.521. The minimum Gasteiger partial charge on any atom is -0.497 e. The van der Waals surface area contributed by atoms with Crippen LogP contribution in [0.5, 0.6) is 5.75 Å². The van der Waals surface area contributed by atoms with Gasteiger partial charge < -0.3 is 15.4 Å². The lowest BCUT2D eigenvalue weighted by atomic mass is 10.1. The lowest BCUT2D eigenvalue weighted by molar-refractivity contribution is 0.414. The quantitative estimate of drug-likeness (QED) is 0.875. The SMILES string of the molecule is COc1ccc(CN)c(N(C)CCc2ccccn2)c1. The molecule has 0 radical (unpaired) electrons. The Kier molecular flexibility index (Phi) is 4.96. The lowest BCUT2D eigenvalue weighted by Gasteiger charge is -2.22. The van der Waals surface area contributed by atoms with E-state index >= 15 is 0 Å². The molecule has 0 saturated carbocycles. The number of rotatable bonds is 6. The topological polar surface area (TPSA) is 51.4 Å². The van der Waals surface area contributed by atoms with Crippen molar-refractivity contribution in [2.75, 3.05) is 25.6 Å². The maximum Gasteiger partial charge on any atom is 0.120 e. The van der Waals surface area contributed by atoms with Crippen LogP contribution in [0.15, 0.2) is 42.6 Å². The van der Waals surface area contributed by atoms with E-state index in [2.05, 4.69) is 16.9 Å². The Morgan fingerprint density at radius 2 is 2.10 bits per heavy atom. The van der Waals surface area contributed by atoms with Crippen LogP contribution in [0.2, 0.25) is 0 Å². The van der Waals surface area contributed by atoms with Gasteiger partial charge in [-0.05, 0) is 23.8 Å². The van der Waals surface area contributed by atoms with Crippen molar-refractivity contribution in [3.8, 4) is 5.75 Å². The summed E-state index contributed by atoms with van der Waals surface area (Å²) in [7, 11) is 3.74. The average molecular weight is 271 g/mol. The fraction of sp³-hybridized carbons (Fsp3) is 0.312. The molecule has 0 atom stereocenters. The molecular formula is C16H21N3O. The number of hydrogen-bond acceptors (Lipinski definition) is 4. The molecule has 20 heavy (non-hydrogen) atoms. The van der Waals surface area contributed by atoms with Crippen molar-refractivity contribution in [1.29, 1.82) is 0 Å². The molecule has 106 valence electrons. The highest BCUT2D eigenvalue weighted by molar-refractivity contribution is 5.56. The van der Waals surface area contributed by atoms with Crippen molar-refractivity contribution in [3.05, 3.63) is 53.9 Å². The molecule has 0 aliphatic carbocycles. The summed E-state index contributed by atoms with van der Waals surface area (Å²) < 4.78 is 5.29. The normalized spacial score (nSPS) is 10.3. The lowest BCUT2D eigenvalue weighted by Crippen LogP contribution is -2.22. The molecule has 1 aromatic carbocycles. The van der Waals surface area contributed by atoms with E-state index in [0.29, 0.717) is 6.54 Å². The third-order valence-electron chi connectivity index (χ3n) is 3.35. The van der Waals surface area contributed by atoms with Crippen LogP contribution in [0.1, 0.15) is 11.3 Å². The number of methoxy groups -OCH3 is 1. The fourth-order valence-corrected chi connectivity index (χ4v) is 2.15. The van der Waals surface area contributed by atoms with Crippen LogP contribution in [0.25, 0.3) is 0 Å². The third kappa shape index (κ3) is 3.48. The molecule has 0 amide bonds. The maximum atomic E-state index is 5.81. The Balaban J connectivity index is 2.09. The summed E-state index contributed by atoms with van der Waals surface area (Å²) in [6.45, 7) is 1.41. The van der Waals surface area contributed by atoms with Gasteiger partial charge in [0.15, 0.2) is 0 Å². The first-order valence-electron chi connectivity index (χ1n) is 6.72. The molecular weight excluding hydrogens is 250 g/mol. The Labute approximate surface area is 120 Å². The van der Waals surface area contributed by atoms with Crippen LogP contribution < -0.4 is 15.4 Å². The second-order valence-electron chi connectivity index (χ2n) is 4.69. The number of pyridine rings is 1. The van der Waals surface area contributed by atoms with Crippen molar-refractivity contribution >= 4 is 5.69 Å². The molecule has 0 aliphatic rings. The Hall–Kier alpha value is -2.07. The van der Waals surface area contributed by atoms with Gasteiger partial charge in [-0.25, -0.2) is 0 Å². The molecule has 2 N–H and O–H groups in total.